The molecule has 0 unspecified atom stereocenters. The van der Waals surface area contributed by atoms with Crippen molar-refractivity contribution in [1.29, 1.82) is 0 Å². The molecule has 2 aromatic rings. The van der Waals surface area contributed by atoms with Gasteiger partial charge >= 0.3 is 5.97 Å². The number of aromatic carboxylic acids is 1. The first-order valence-electron chi connectivity index (χ1n) is 5.06. The first-order chi connectivity index (χ1) is 7.91. The molecular weight excluding hydrogens is 291 g/mol. The van der Waals surface area contributed by atoms with Gasteiger partial charge in [-0.3, -0.25) is 0 Å². The second kappa shape index (κ2) is 4.14. The van der Waals surface area contributed by atoms with Gasteiger partial charge in [0.2, 0.25) is 5.76 Å². The summed E-state index contributed by atoms with van der Waals surface area (Å²) in [6.45, 7) is 3.69. The van der Waals surface area contributed by atoms with Gasteiger partial charge in [0.05, 0.1) is 4.47 Å². The number of rotatable bonds is 2. The molecule has 90 valence electrons. The van der Waals surface area contributed by atoms with Crippen LogP contribution in [0, 0.1) is 5.82 Å². The van der Waals surface area contributed by atoms with Gasteiger partial charge in [0.15, 0.2) is 0 Å². The summed E-state index contributed by atoms with van der Waals surface area (Å²) in [5.41, 5.74) is 0.889. The average Bonchev–Trinajstić information content (AvgIpc) is 2.56. The van der Waals surface area contributed by atoms with Crippen LogP contribution in [0.15, 0.2) is 21.0 Å². The lowest BCUT2D eigenvalue weighted by molar-refractivity contribution is 0.0662. The zero-order valence-electron chi connectivity index (χ0n) is 9.25. The summed E-state index contributed by atoms with van der Waals surface area (Å²) in [6.07, 6.45) is 0. The smallest absolute Gasteiger partial charge is 0.372 e. The second-order valence-electron chi connectivity index (χ2n) is 4.07. The Labute approximate surface area is 105 Å². The van der Waals surface area contributed by atoms with E-state index in [1.807, 2.05) is 13.8 Å². The Balaban J connectivity index is 2.90. The highest BCUT2D eigenvalue weighted by atomic mass is 79.9. The van der Waals surface area contributed by atoms with Gasteiger partial charge in [-0.2, -0.15) is 0 Å². The zero-order chi connectivity index (χ0) is 12.7. The summed E-state index contributed by atoms with van der Waals surface area (Å²) in [6, 6.07) is 2.55. The van der Waals surface area contributed by atoms with Crippen molar-refractivity contribution in [1.82, 2.24) is 0 Å². The molecule has 0 saturated heterocycles. The Morgan fingerprint density at radius 3 is 2.65 bits per heavy atom. The first-order valence-corrected chi connectivity index (χ1v) is 5.86. The minimum Gasteiger partial charge on any atom is -0.475 e. The van der Waals surface area contributed by atoms with Crippen molar-refractivity contribution >= 4 is 32.9 Å². The molecule has 0 saturated carbocycles. The fraction of sp³-hybridized carbons (Fsp3) is 0.250. The van der Waals surface area contributed by atoms with Gasteiger partial charge in [-0.15, -0.1) is 0 Å². The maximum atomic E-state index is 13.3. The monoisotopic (exact) mass is 300 g/mol. The molecule has 0 spiro atoms. The van der Waals surface area contributed by atoms with E-state index in [0.29, 0.717) is 21.0 Å². The number of carboxylic acids is 1. The van der Waals surface area contributed by atoms with Crippen LogP contribution in [0.5, 0.6) is 0 Å². The molecule has 0 fully saturated rings. The van der Waals surface area contributed by atoms with E-state index in [4.69, 9.17) is 9.52 Å². The Morgan fingerprint density at radius 2 is 2.12 bits per heavy atom. The fourth-order valence-electron chi connectivity index (χ4n) is 1.88. The molecular formula is C12H10BrFO3. The minimum atomic E-state index is -1.14. The Hall–Kier alpha value is -1.36. The highest BCUT2D eigenvalue weighted by Crippen LogP contribution is 2.36. The molecule has 1 aromatic heterocycles. The maximum Gasteiger partial charge on any atom is 0.372 e. The standard InChI is InChI=1S/C12H10BrFO3/c1-5(2)9-7-3-6(14)4-8(13)10(7)17-11(9)12(15)16/h3-5H,1-2H3,(H,15,16). The lowest BCUT2D eigenvalue weighted by Crippen LogP contribution is -2.00. The Bertz CT molecular complexity index is 601. The van der Waals surface area contributed by atoms with Crippen LogP contribution in [0.3, 0.4) is 0 Å². The van der Waals surface area contributed by atoms with Gasteiger partial charge in [0.25, 0.3) is 0 Å². The summed E-state index contributed by atoms with van der Waals surface area (Å²) < 4.78 is 19.0. The maximum absolute atomic E-state index is 13.3. The molecule has 2 rings (SSSR count). The van der Waals surface area contributed by atoms with Crippen molar-refractivity contribution in [2.24, 2.45) is 0 Å². The van der Waals surface area contributed by atoms with Crippen molar-refractivity contribution in [3.05, 3.63) is 33.7 Å². The third kappa shape index (κ3) is 1.95. The van der Waals surface area contributed by atoms with Crippen LogP contribution in [0.2, 0.25) is 0 Å². The number of furan rings is 1. The Morgan fingerprint density at radius 1 is 1.47 bits per heavy atom. The topological polar surface area (TPSA) is 50.4 Å². The van der Waals surface area contributed by atoms with E-state index in [0.717, 1.165) is 0 Å². The van der Waals surface area contributed by atoms with E-state index >= 15 is 0 Å². The zero-order valence-corrected chi connectivity index (χ0v) is 10.8. The highest BCUT2D eigenvalue weighted by molar-refractivity contribution is 9.10. The second-order valence-corrected chi connectivity index (χ2v) is 4.92. The quantitative estimate of drug-likeness (QED) is 0.906. The minimum absolute atomic E-state index is 0.0592. The molecule has 1 aromatic carbocycles. The van der Waals surface area contributed by atoms with Gasteiger partial charge < -0.3 is 9.52 Å². The van der Waals surface area contributed by atoms with E-state index in [1.54, 1.807) is 0 Å². The molecule has 0 aliphatic rings. The molecule has 0 atom stereocenters. The fourth-order valence-corrected chi connectivity index (χ4v) is 2.39. The Kier molecular flexibility index (Phi) is 2.95. The molecule has 1 heterocycles. The van der Waals surface area contributed by atoms with Crippen LogP contribution in [0.4, 0.5) is 4.39 Å². The van der Waals surface area contributed by atoms with Crippen LogP contribution in [0.1, 0.15) is 35.9 Å². The summed E-state index contributed by atoms with van der Waals surface area (Å²) in [7, 11) is 0. The van der Waals surface area contributed by atoms with Crippen LogP contribution in [0.25, 0.3) is 11.0 Å². The van der Waals surface area contributed by atoms with E-state index in [2.05, 4.69) is 15.9 Å². The molecule has 5 heteroatoms. The largest absolute Gasteiger partial charge is 0.475 e. The SMILES string of the molecule is CC(C)c1c(C(=O)O)oc2c(Br)cc(F)cc12. The van der Waals surface area contributed by atoms with Gasteiger partial charge in [-0.05, 0) is 34.0 Å². The predicted molar refractivity (Wildman–Crippen MR) is 64.9 cm³/mol. The summed E-state index contributed by atoms with van der Waals surface area (Å²) in [4.78, 5) is 11.1. The number of halogens is 2. The van der Waals surface area contributed by atoms with Crippen LogP contribution >= 0.6 is 15.9 Å². The molecule has 0 radical (unpaired) electrons. The first kappa shape index (κ1) is 12.1. The van der Waals surface area contributed by atoms with E-state index in [-0.39, 0.29) is 11.7 Å². The molecule has 1 N–H and O–H groups in total. The van der Waals surface area contributed by atoms with Gasteiger partial charge in [0.1, 0.15) is 11.4 Å². The van der Waals surface area contributed by atoms with Crippen molar-refractivity contribution in [2.45, 2.75) is 19.8 Å². The van der Waals surface area contributed by atoms with Crippen molar-refractivity contribution in [2.75, 3.05) is 0 Å². The van der Waals surface area contributed by atoms with Crippen molar-refractivity contribution < 1.29 is 18.7 Å². The van der Waals surface area contributed by atoms with Gasteiger partial charge in [-0.1, -0.05) is 13.8 Å². The van der Waals surface area contributed by atoms with Gasteiger partial charge in [0, 0.05) is 10.9 Å². The summed E-state index contributed by atoms with van der Waals surface area (Å²) in [5.74, 6) is -1.75. The number of hydrogen-bond donors (Lipinski definition) is 1. The van der Waals surface area contributed by atoms with Crippen LogP contribution in [-0.4, -0.2) is 11.1 Å². The van der Waals surface area contributed by atoms with Gasteiger partial charge in [-0.25, -0.2) is 9.18 Å². The normalized spacial score (nSPS) is 11.4. The number of benzene rings is 1. The van der Waals surface area contributed by atoms with E-state index in [1.165, 1.54) is 12.1 Å². The third-order valence-corrected chi connectivity index (χ3v) is 3.11. The molecule has 0 amide bonds. The van der Waals surface area contributed by atoms with E-state index in [9.17, 15) is 9.18 Å². The molecule has 0 bridgehead atoms. The molecule has 17 heavy (non-hydrogen) atoms. The average molecular weight is 301 g/mol. The number of fused-ring (bicyclic) bond motifs is 1. The van der Waals surface area contributed by atoms with Crippen molar-refractivity contribution in [3.63, 3.8) is 0 Å². The lowest BCUT2D eigenvalue weighted by Gasteiger charge is -2.03. The summed E-state index contributed by atoms with van der Waals surface area (Å²) >= 11 is 3.17. The van der Waals surface area contributed by atoms with Crippen LogP contribution in [-0.2, 0) is 0 Å². The molecule has 3 nitrogen and oxygen atoms in total. The lowest BCUT2D eigenvalue weighted by atomic mass is 9.99. The number of carbonyl (C=O) groups is 1. The molecule has 0 aliphatic carbocycles. The highest BCUT2D eigenvalue weighted by Gasteiger charge is 2.23. The third-order valence-electron chi connectivity index (χ3n) is 2.52. The summed E-state index contributed by atoms with van der Waals surface area (Å²) in [5, 5.41) is 9.58. The molecule has 0 aliphatic heterocycles. The van der Waals surface area contributed by atoms with E-state index < -0.39 is 11.8 Å². The van der Waals surface area contributed by atoms with Crippen LogP contribution < -0.4 is 0 Å². The number of carboxylic acid groups (broad SMARTS) is 1. The predicted octanol–water partition coefficient (Wildman–Crippen LogP) is 4.16. The number of hydrogen-bond acceptors (Lipinski definition) is 2. The van der Waals surface area contributed by atoms with Crippen molar-refractivity contribution in [3.8, 4) is 0 Å².